The molecule has 0 heterocycles. The summed E-state index contributed by atoms with van der Waals surface area (Å²) in [5, 5.41) is 0. The number of rotatable bonds is 6. The van der Waals surface area contributed by atoms with Gasteiger partial charge in [-0.2, -0.15) is 0 Å². The summed E-state index contributed by atoms with van der Waals surface area (Å²) in [4.78, 5) is 13.3. The molecule has 4 aromatic carbocycles. The standard InChI is InChI=1S/C25H18O5S2/c26-25(19-11-15-23(16-12-19)31(27,28)21-7-3-1-4-8-21)20-13-17-24(18-14-20)32(29,30)22-9-5-2-6-10-22/h1-18H. The second kappa shape index (κ2) is 8.53. The van der Waals surface area contributed by atoms with E-state index in [0.29, 0.717) is 11.1 Å². The highest BCUT2D eigenvalue weighted by Crippen LogP contribution is 2.23. The third-order valence-corrected chi connectivity index (χ3v) is 8.53. The van der Waals surface area contributed by atoms with Crippen LogP contribution < -0.4 is 0 Å². The average Bonchev–Trinajstić information content (AvgIpc) is 2.85. The second-order valence-electron chi connectivity index (χ2n) is 7.01. The zero-order valence-corrected chi connectivity index (χ0v) is 18.4. The first-order valence-corrected chi connectivity index (χ1v) is 12.6. The van der Waals surface area contributed by atoms with Crippen molar-refractivity contribution in [3.8, 4) is 0 Å². The van der Waals surface area contributed by atoms with Crippen LogP contribution in [-0.2, 0) is 19.7 Å². The Kier molecular flexibility index (Phi) is 5.78. The van der Waals surface area contributed by atoms with Crippen LogP contribution in [0.25, 0.3) is 0 Å². The number of benzene rings is 4. The van der Waals surface area contributed by atoms with Gasteiger partial charge in [-0.25, -0.2) is 16.8 Å². The molecule has 160 valence electrons. The molecule has 0 unspecified atom stereocenters. The molecule has 0 saturated heterocycles. The molecule has 0 aliphatic rings. The zero-order chi connectivity index (χ0) is 22.8. The SMILES string of the molecule is O=C(c1ccc(S(=O)(=O)c2ccccc2)cc1)c1ccc(S(=O)(=O)c2ccccc2)cc1. The van der Waals surface area contributed by atoms with Gasteiger partial charge in [-0.15, -0.1) is 0 Å². The Morgan fingerprint density at radius 1 is 0.406 bits per heavy atom. The molecule has 0 fully saturated rings. The summed E-state index contributed by atoms with van der Waals surface area (Å²) in [6.45, 7) is 0. The van der Waals surface area contributed by atoms with Crippen molar-refractivity contribution in [3.05, 3.63) is 120 Å². The van der Waals surface area contributed by atoms with E-state index in [1.807, 2.05) is 0 Å². The number of hydrogen-bond acceptors (Lipinski definition) is 5. The molecular weight excluding hydrogens is 444 g/mol. The third-order valence-electron chi connectivity index (χ3n) is 4.96. The number of ketones is 1. The predicted octanol–water partition coefficient (Wildman–Crippen LogP) is 4.58. The lowest BCUT2D eigenvalue weighted by Gasteiger charge is -2.07. The van der Waals surface area contributed by atoms with E-state index < -0.39 is 19.7 Å². The summed E-state index contributed by atoms with van der Waals surface area (Å²) in [5.74, 6) is -0.336. The molecule has 0 saturated carbocycles. The van der Waals surface area contributed by atoms with Crippen molar-refractivity contribution in [1.29, 1.82) is 0 Å². The van der Waals surface area contributed by atoms with Gasteiger partial charge in [-0.3, -0.25) is 4.79 Å². The topological polar surface area (TPSA) is 85.3 Å². The van der Waals surface area contributed by atoms with Crippen molar-refractivity contribution in [2.75, 3.05) is 0 Å². The fourth-order valence-electron chi connectivity index (χ4n) is 3.21. The summed E-state index contributed by atoms with van der Waals surface area (Å²) in [5.41, 5.74) is 0.603. The van der Waals surface area contributed by atoms with Crippen LogP contribution >= 0.6 is 0 Å². The molecule has 0 aliphatic carbocycles. The van der Waals surface area contributed by atoms with E-state index in [0.717, 1.165) is 0 Å². The Morgan fingerprint density at radius 3 is 1.00 bits per heavy atom. The van der Waals surface area contributed by atoms with Crippen molar-refractivity contribution in [2.45, 2.75) is 19.6 Å². The molecule has 32 heavy (non-hydrogen) atoms. The summed E-state index contributed by atoms with van der Waals surface area (Å²) < 4.78 is 50.8. The van der Waals surface area contributed by atoms with Crippen molar-refractivity contribution in [3.63, 3.8) is 0 Å². The highest BCUT2D eigenvalue weighted by Gasteiger charge is 2.20. The lowest BCUT2D eigenvalue weighted by Crippen LogP contribution is -2.06. The van der Waals surface area contributed by atoms with Crippen LogP contribution in [0.2, 0.25) is 0 Å². The Hall–Kier alpha value is -3.55. The first-order chi connectivity index (χ1) is 15.3. The molecular formula is C25H18O5S2. The quantitative estimate of drug-likeness (QED) is 0.392. The van der Waals surface area contributed by atoms with Crippen molar-refractivity contribution in [2.24, 2.45) is 0 Å². The maximum atomic E-state index is 12.8. The number of sulfone groups is 2. The normalized spacial score (nSPS) is 11.8. The van der Waals surface area contributed by atoms with E-state index in [1.54, 1.807) is 36.4 Å². The predicted molar refractivity (Wildman–Crippen MR) is 120 cm³/mol. The van der Waals surface area contributed by atoms with Gasteiger partial charge in [0.2, 0.25) is 19.7 Å². The van der Waals surface area contributed by atoms with Gasteiger partial charge in [0.1, 0.15) is 0 Å². The number of carbonyl (C=O) groups is 1. The summed E-state index contributed by atoms with van der Waals surface area (Å²) >= 11 is 0. The lowest BCUT2D eigenvalue weighted by molar-refractivity contribution is 0.103. The molecule has 0 N–H and O–H groups in total. The summed E-state index contributed by atoms with van der Waals surface area (Å²) in [7, 11) is -7.34. The monoisotopic (exact) mass is 462 g/mol. The Labute approximate surface area is 186 Å². The Bertz CT molecular complexity index is 1340. The van der Waals surface area contributed by atoms with E-state index in [-0.39, 0.29) is 25.4 Å². The molecule has 0 aliphatic heterocycles. The molecule has 5 nitrogen and oxygen atoms in total. The van der Waals surface area contributed by atoms with Gasteiger partial charge in [0.25, 0.3) is 0 Å². The highest BCUT2D eigenvalue weighted by molar-refractivity contribution is 7.91. The van der Waals surface area contributed by atoms with Crippen molar-refractivity contribution in [1.82, 2.24) is 0 Å². The molecule has 0 amide bonds. The van der Waals surface area contributed by atoms with Gasteiger partial charge < -0.3 is 0 Å². The second-order valence-corrected chi connectivity index (χ2v) is 10.9. The van der Waals surface area contributed by atoms with Gasteiger partial charge in [0.05, 0.1) is 19.6 Å². The maximum Gasteiger partial charge on any atom is 0.206 e. The third kappa shape index (κ3) is 4.12. The smallest absolute Gasteiger partial charge is 0.206 e. The molecule has 0 bridgehead atoms. The Morgan fingerprint density at radius 2 is 0.688 bits per heavy atom. The van der Waals surface area contributed by atoms with E-state index in [2.05, 4.69) is 0 Å². The summed E-state index contributed by atoms with van der Waals surface area (Å²) in [6.07, 6.45) is 0. The Balaban J connectivity index is 1.58. The van der Waals surface area contributed by atoms with E-state index in [1.165, 1.54) is 72.8 Å². The lowest BCUT2D eigenvalue weighted by atomic mass is 10.0. The van der Waals surface area contributed by atoms with E-state index in [9.17, 15) is 21.6 Å². The highest BCUT2D eigenvalue weighted by atomic mass is 32.2. The van der Waals surface area contributed by atoms with Gasteiger partial charge in [-0.05, 0) is 72.8 Å². The van der Waals surface area contributed by atoms with Crippen LogP contribution in [0.4, 0.5) is 0 Å². The largest absolute Gasteiger partial charge is 0.289 e. The minimum absolute atomic E-state index is 0.0875. The van der Waals surface area contributed by atoms with E-state index in [4.69, 9.17) is 0 Å². The van der Waals surface area contributed by atoms with E-state index >= 15 is 0 Å². The van der Waals surface area contributed by atoms with Crippen molar-refractivity contribution >= 4 is 25.5 Å². The fourth-order valence-corrected chi connectivity index (χ4v) is 5.77. The molecule has 4 aromatic rings. The zero-order valence-electron chi connectivity index (χ0n) is 16.8. The molecule has 7 heteroatoms. The van der Waals surface area contributed by atoms with Crippen LogP contribution in [-0.4, -0.2) is 22.6 Å². The van der Waals surface area contributed by atoms with Crippen molar-refractivity contribution < 1.29 is 21.6 Å². The van der Waals surface area contributed by atoms with Crippen LogP contribution in [0.1, 0.15) is 15.9 Å². The minimum atomic E-state index is -3.67. The molecule has 0 spiro atoms. The van der Waals surface area contributed by atoms with Crippen LogP contribution in [0.3, 0.4) is 0 Å². The van der Waals surface area contributed by atoms with Crippen LogP contribution in [0.15, 0.2) is 129 Å². The van der Waals surface area contributed by atoms with Gasteiger partial charge in [0.15, 0.2) is 5.78 Å². The minimum Gasteiger partial charge on any atom is -0.289 e. The molecule has 4 rings (SSSR count). The van der Waals surface area contributed by atoms with Gasteiger partial charge >= 0.3 is 0 Å². The maximum absolute atomic E-state index is 12.8. The van der Waals surface area contributed by atoms with Gasteiger partial charge in [0, 0.05) is 11.1 Å². The summed E-state index contributed by atoms with van der Waals surface area (Å²) in [6, 6.07) is 27.5. The fraction of sp³-hybridized carbons (Fsp3) is 0. The van der Waals surface area contributed by atoms with Crippen LogP contribution in [0.5, 0.6) is 0 Å². The number of hydrogen-bond donors (Lipinski definition) is 0. The molecule has 0 radical (unpaired) electrons. The average molecular weight is 463 g/mol. The first-order valence-electron chi connectivity index (χ1n) is 9.65. The molecule has 0 atom stereocenters. The number of carbonyl (C=O) groups excluding carboxylic acids is 1. The molecule has 0 aromatic heterocycles. The van der Waals surface area contributed by atoms with Gasteiger partial charge in [-0.1, -0.05) is 36.4 Å². The first kappa shape index (κ1) is 21.7. The van der Waals surface area contributed by atoms with Crippen LogP contribution in [0, 0.1) is 0 Å².